The first kappa shape index (κ1) is 25.3. The van der Waals surface area contributed by atoms with E-state index in [4.69, 9.17) is 4.99 Å². The Kier molecular flexibility index (Phi) is 7.37. The zero-order valence-electron chi connectivity index (χ0n) is 21.6. The third kappa shape index (κ3) is 5.30. The Hall–Kier alpha value is -4.03. The fraction of sp³-hybridized carbons (Fsp3) is 0.0833. The summed E-state index contributed by atoms with van der Waals surface area (Å²) in [5.41, 5.74) is 10.7. The standard InChI is InChI=1S/C36H28N2.Pd/c1-26-22-31(34(27-14-6-2-7-15-27)28-16-8-3-9-17-28)36(33-24-37-25-38-33)32(23-26)35(29-18-10-4-11-19-29)30-20-12-5-13-21-30;/h2-24,34-35H,1H3;. The van der Waals surface area contributed by atoms with Gasteiger partial charge in [0.25, 0.3) is 0 Å². The zero-order valence-corrected chi connectivity index (χ0v) is 23.2. The van der Waals surface area contributed by atoms with Gasteiger partial charge in [-0.3, -0.25) is 0 Å². The van der Waals surface area contributed by atoms with Gasteiger partial charge in [-0.1, -0.05) is 0 Å². The number of aliphatic imine (C=N–C) groups is 2. The third-order valence-corrected chi connectivity index (χ3v) is 7.62. The molecule has 192 valence electrons. The molecular weight excluding hydrogens is 567 g/mol. The number of nitrogens with zero attached hydrogens (tertiary/aromatic N) is 2. The normalized spacial score (nSPS) is 12.8. The molecule has 0 radical (unpaired) electrons. The first-order chi connectivity index (χ1) is 19.2. The summed E-state index contributed by atoms with van der Waals surface area (Å²) in [5, 5.41) is 0. The van der Waals surface area contributed by atoms with E-state index >= 15 is 0 Å². The summed E-state index contributed by atoms with van der Waals surface area (Å²) in [7, 11) is 0. The summed E-state index contributed by atoms with van der Waals surface area (Å²) < 4.78 is 0.636. The van der Waals surface area contributed by atoms with Gasteiger partial charge in [0.05, 0.1) is 0 Å². The Bertz CT molecular complexity index is 1470. The quantitative estimate of drug-likeness (QED) is 0.135. The van der Waals surface area contributed by atoms with E-state index < -0.39 is 0 Å². The monoisotopic (exact) mass is 594 g/mol. The van der Waals surface area contributed by atoms with Gasteiger partial charge in [-0.25, -0.2) is 0 Å². The molecule has 2 nitrogen and oxygen atoms in total. The Morgan fingerprint density at radius 3 is 1.21 bits per heavy atom. The van der Waals surface area contributed by atoms with Crippen molar-refractivity contribution in [2.75, 3.05) is 0 Å². The van der Waals surface area contributed by atoms with Crippen molar-refractivity contribution in [3.63, 3.8) is 0 Å². The van der Waals surface area contributed by atoms with Crippen LogP contribution in [0.5, 0.6) is 0 Å². The maximum absolute atomic E-state index is 4.89. The van der Waals surface area contributed by atoms with E-state index in [2.05, 4.69) is 164 Å². The first-order valence-electron chi connectivity index (χ1n) is 13.2. The Labute approximate surface area is 240 Å². The fourth-order valence-electron chi connectivity index (χ4n) is 5.66. The van der Waals surface area contributed by atoms with Gasteiger partial charge in [-0.05, 0) is 0 Å². The number of aryl methyl sites for hydroxylation is 1. The summed E-state index contributed by atoms with van der Waals surface area (Å²) in [5.74, 6) is 0.0686. The summed E-state index contributed by atoms with van der Waals surface area (Å²) in [6.45, 7) is 2.20. The van der Waals surface area contributed by atoms with Crippen molar-refractivity contribution < 1.29 is 18.7 Å². The second-order valence-electron chi connectivity index (χ2n) is 9.82. The van der Waals surface area contributed by atoms with Gasteiger partial charge in [0.1, 0.15) is 0 Å². The molecule has 0 saturated carbocycles. The SMILES string of the molecule is Cc1cc(C(c2ccccc2)c2ccccc2)c(C2=N[C](=[Pd])N=C2)c(C(c2ccccc2)c2ccccc2)c1. The van der Waals surface area contributed by atoms with Crippen molar-refractivity contribution in [1.82, 2.24) is 0 Å². The summed E-state index contributed by atoms with van der Waals surface area (Å²) >= 11 is 3.21. The van der Waals surface area contributed by atoms with Crippen LogP contribution in [0.3, 0.4) is 0 Å². The second-order valence-corrected chi connectivity index (χ2v) is 10.5. The number of benzene rings is 5. The van der Waals surface area contributed by atoms with Crippen LogP contribution in [0.2, 0.25) is 0 Å². The minimum absolute atomic E-state index is 0.0343. The third-order valence-electron chi connectivity index (χ3n) is 7.24. The molecule has 0 fully saturated rings. The average Bonchev–Trinajstić information content (AvgIpc) is 3.41. The number of hydrogen-bond donors (Lipinski definition) is 0. The molecule has 0 unspecified atom stereocenters. The molecule has 0 atom stereocenters. The number of rotatable bonds is 7. The van der Waals surface area contributed by atoms with Crippen LogP contribution in [0.1, 0.15) is 56.3 Å². The van der Waals surface area contributed by atoms with Crippen molar-refractivity contribution in [3.8, 4) is 0 Å². The molecule has 1 aliphatic heterocycles. The molecule has 5 aromatic carbocycles. The summed E-state index contributed by atoms with van der Waals surface area (Å²) in [4.78, 5) is 9.42. The molecule has 0 aromatic heterocycles. The molecule has 0 aliphatic carbocycles. The first-order valence-corrected chi connectivity index (χ1v) is 13.9. The Balaban J connectivity index is 1.70. The van der Waals surface area contributed by atoms with E-state index in [0.717, 1.165) is 11.3 Å². The van der Waals surface area contributed by atoms with Crippen LogP contribution in [0.4, 0.5) is 0 Å². The molecule has 0 saturated heterocycles. The van der Waals surface area contributed by atoms with Crippen LogP contribution in [-0.2, 0) is 18.7 Å². The Morgan fingerprint density at radius 1 is 0.538 bits per heavy atom. The van der Waals surface area contributed by atoms with E-state index in [9.17, 15) is 0 Å². The van der Waals surface area contributed by atoms with Crippen LogP contribution in [0.25, 0.3) is 0 Å². The molecule has 0 N–H and O–H groups in total. The van der Waals surface area contributed by atoms with Crippen LogP contribution in [0, 0.1) is 6.92 Å². The van der Waals surface area contributed by atoms with Gasteiger partial charge in [0.2, 0.25) is 0 Å². The average molecular weight is 595 g/mol. The molecule has 6 rings (SSSR count). The van der Waals surface area contributed by atoms with Gasteiger partial charge in [0.15, 0.2) is 0 Å². The molecule has 1 heterocycles. The van der Waals surface area contributed by atoms with Crippen molar-refractivity contribution >= 4 is 16.2 Å². The van der Waals surface area contributed by atoms with Crippen LogP contribution < -0.4 is 0 Å². The topological polar surface area (TPSA) is 24.7 Å². The summed E-state index contributed by atoms with van der Waals surface area (Å²) in [6, 6.07) is 47.8. The van der Waals surface area contributed by atoms with E-state index in [1.54, 1.807) is 0 Å². The molecule has 5 aromatic rings. The molecule has 1 aliphatic rings. The van der Waals surface area contributed by atoms with Gasteiger partial charge in [-0.15, -0.1) is 0 Å². The zero-order chi connectivity index (χ0) is 26.6. The minimum atomic E-state index is 0.0343. The molecule has 0 spiro atoms. The molecule has 0 bridgehead atoms. The Morgan fingerprint density at radius 2 is 0.897 bits per heavy atom. The summed E-state index contributed by atoms with van der Waals surface area (Å²) in [6.07, 6.45) is 1.90. The predicted octanol–water partition coefficient (Wildman–Crippen LogP) is 7.86. The molecule has 0 amide bonds. The second kappa shape index (κ2) is 11.4. The molecule has 3 heteroatoms. The van der Waals surface area contributed by atoms with E-state index in [0.29, 0.717) is 4.23 Å². The van der Waals surface area contributed by atoms with E-state index in [-0.39, 0.29) is 11.8 Å². The van der Waals surface area contributed by atoms with Gasteiger partial charge >= 0.3 is 242 Å². The van der Waals surface area contributed by atoms with Crippen LogP contribution >= 0.6 is 0 Å². The molecule has 39 heavy (non-hydrogen) atoms. The van der Waals surface area contributed by atoms with Crippen LogP contribution in [0.15, 0.2) is 143 Å². The van der Waals surface area contributed by atoms with Crippen molar-refractivity contribution in [2.45, 2.75) is 18.8 Å². The van der Waals surface area contributed by atoms with E-state index in [1.165, 1.54) is 38.9 Å². The van der Waals surface area contributed by atoms with Crippen molar-refractivity contribution in [2.24, 2.45) is 9.98 Å². The van der Waals surface area contributed by atoms with Crippen LogP contribution in [-0.4, -0.2) is 16.2 Å². The van der Waals surface area contributed by atoms with Gasteiger partial charge < -0.3 is 0 Å². The maximum atomic E-state index is 4.89. The van der Waals surface area contributed by atoms with Crippen molar-refractivity contribution in [1.29, 1.82) is 0 Å². The van der Waals surface area contributed by atoms with E-state index in [1.807, 2.05) is 6.21 Å². The predicted molar refractivity (Wildman–Crippen MR) is 159 cm³/mol. The fourth-order valence-corrected chi connectivity index (χ4v) is 5.95. The van der Waals surface area contributed by atoms with Gasteiger partial charge in [0, 0.05) is 0 Å². The van der Waals surface area contributed by atoms with Crippen molar-refractivity contribution in [3.05, 3.63) is 178 Å². The van der Waals surface area contributed by atoms with Gasteiger partial charge in [-0.2, -0.15) is 0 Å². The number of hydrogen-bond acceptors (Lipinski definition) is 2. The molecular formula is C36H28N2Pd.